The van der Waals surface area contributed by atoms with Crippen molar-refractivity contribution < 1.29 is 19.1 Å². The largest absolute Gasteiger partial charge is 0.489 e. The molecule has 0 radical (unpaired) electrons. The number of nitrogens with one attached hydrogen (secondary N) is 1. The highest BCUT2D eigenvalue weighted by atomic mass is 79.9. The van der Waals surface area contributed by atoms with E-state index in [0.717, 1.165) is 15.6 Å². The zero-order valence-electron chi connectivity index (χ0n) is 18.9. The van der Waals surface area contributed by atoms with Crippen LogP contribution in [0.1, 0.15) is 44.7 Å². The number of benzene rings is 2. The fourth-order valence-electron chi connectivity index (χ4n) is 3.58. The lowest BCUT2D eigenvalue weighted by Crippen LogP contribution is -2.48. The van der Waals surface area contributed by atoms with Crippen LogP contribution in [0.4, 0.5) is 4.79 Å². The first-order valence-corrected chi connectivity index (χ1v) is 11.7. The van der Waals surface area contributed by atoms with Crippen LogP contribution in [0.2, 0.25) is 0 Å². The normalized spacial score (nSPS) is 14.7. The summed E-state index contributed by atoms with van der Waals surface area (Å²) in [5.41, 5.74) is 1.41. The number of halogens is 1. The summed E-state index contributed by atoms with van der Waals surface area (Å²) < 4.78 is 12.2. The molecule has 6 nitrogen and oxygen atoms in total. The van der Waals surface area contributed by atoms with Crippen molar-refractivity contribution in [1.82, 2.24) is 10.2 Å². The Hall–Kier alpha value is -2.54. The third kappa shape index (κ3) is 7.55. The first-order chi connectivity index (χ1) is 15.2. The van der Waals surface area contributed by atoms with Gasteiger partial charge in [-0.15, -0.1) is 0 Å². The number of alkyl carbamates (subject to hydrolysis) is 1. The van der Waals surface area contributed by atoms with Gasteiger partial charge in [-0.05, 0) is 57.4 Å². The van der Waals surface area contributed by atoms with Gasteiger partial charge in [0.2, 0.25) is 5.91 Å². The fraction of sp³-hybridized carbons (Fsp3) is 0.440. The van der Waals surface area contributed by atoms with E-state index in [9.17, 15) is 9.59 Å². The monoisotopic (exact) mass is 502 g/mol. The zero-order chi connectivity index (χ0) is 23.1. The summed E-state index contributed by atoms with van der Waals surface area (Å²) in [6.45, 7) is 7.18. The summed E-state index contributed by atoms with van der Waals surface area (Å²) in [5.74, 6) is 0.773. The average molecular weight is 503 g/mol. The predicted molar refractivity (Wildman–Crippen MR) is 128 cm³/mol. The van der Waals surface area contributed by atoms with Gasteiger partial charge in [-0.3, -0.25) is 4.79 Å². The summed E-state index contributed by atoms with van der Waals surface area (Å²) in [7, 11) is 0. The number of carbonyl (C=O) groups is 2. The molecule has 0 atom stereocenters. The molecule has 0 aliphatic carbocycles. The van der Waals surface area contributed by atoms with E-state index in [1.54, 1.807) is 0 Å². The summed E-state index contributed by atoms with van der Waals surface area (Å²) in [5, 5.41) is 2.91. The number of rotatable bonds is 6. The topological polar surface area (TPSA) is 67.9 Å². The number of hydrogen-bond donors (Lipinski definition) is 1. The number of carbonyl (C=O) groups excluding carboxylic acids is 2. The summed E-state index contributed by atoms with van der Waals surface area (Å²) in [6, 6.07) is 15.7. The van der Waals surface area contributed by atoms with Crippen molar-refractivity contribution in [1.29, 1.82) is 0 Å². The van der Waals surface area contributed by atoms with Crippen molar-refractivity contribution in [3.63, 3.8) is 0 Å². The minimum atomic E-state index is -0.523. The Morgan fingerprint density at radius 3 is 2.44 bits per heavy atom. The zero-order valence-corrected chi connectivity index (χ0v) is 20.5. The molecule has 0 aromatic heterocycles. The molecule has 1 heterocycles. The van der Waals surface area contributed by atoms with Crippen molar-refractivity contribution in [3.8, 4) is 5.75 Å². The van der Waals surface area contributed by atoms with Gasteiger partial charge in [-0.2, -0.15) is 0 Å². The number of piperidine rings is 1. The average Bonchev–Trinajstić information content (AvgIpc) is 2.73. The molecule has 7 heteroatoms. The third-order valence-corrected chi connectivity index (χ3v) is 5.66. The molecule has 32 heavy (non-hydrogen) atoms. The van der Waals surface area contributed by atoms with Crippen molar-refractivity contribution in [2.75, 3.05) is 13.1 Å². The van der Waals surface area contributed by atoms with Crippen LogP contribution in [-0.4, -0.2) is 41.6 Å². The van der Waals surface area contributed by atoms with E-state index in [4.69, 9.17) is 9.47 Å². The number of nitrogens with zero attached hydrogens (tertiary/aromatic N) is 1. The standard InChI is InChI=1S/C25H31BrN2O4/c1-25(2,3)32-24(30)27-21-11-13-28(14-12-21)23(29)16-19-15-20(26)9-10-22(19)31-17-18-7-5-4-6-8-18/h4-10,15,21H,11-14,16-17H2,1-3H3,(H,27,30). The highest BCUT2D eigenvalue weighted by molar-refractivity contribution is 9.10. The highest BCUT2D eigenvalue weighted by Gasteiger charge is 2.26. The van der Waals surface area contributed by atoms with E-state index < -0.39 is 11.7 Å². The van der Waals surface area contributed by atoms with Crippen LogP contribution >= 0.6 is 15.9 Å². The van der Waals surface area contributed by atoms with Crippen molar-refractivity contribution in [3.05, 3.63) is 64.1 Å². The Balaban J connectivity index is 1.53. The number of amides is 2. The maximum atomic E-state index is 13.0. The van der Waals surface area contributed by atoms with E-state index in [1.165, 1.54) is 0 Å². The highest BCUT2D eigenvalue weighted by Crippen LogP contribution is 2.26. The van der Waals surface area contributed by atoms with Gasteiger partial charge in [0.25, 0.3) is 0 Å². The molecule has 2 aromatic rings. The van der Waals surface area contributed by atoms with Gasteiger partial charge in [0.1, 0.15) is 18.0 Å². The second kappa shape index (κ2) is 10.9. The van der Waals surface area contributed by atoms with Gasteiger partial charge < -0.3 is 19.7 Å². The fourth-order valence-corrected chi connectivity index (χ4v) is 3.99. The lowest BCUT2D eigenvalue weighted by atomic mass is 10.0. The Morgan fingerprint density at radius 2 is 1.78 bits per heavy atom. The van der Waals surface area contributed by atoms with Crippen LogP contribution in [0.3, 0.4) is 0 Å². The van der Waals surface area contributed by atoms with Crippen molar-refractivity contribution >= 4 is 27.9 Å². The number of ether oxygens (including phenoxy) is 2. The molecule has 0 spiro atoms. The van der Waals surface area contributed by atoms with Crippen LogP contribution in [0.25, 0.3) is 0 Å². The second-order valence-electron chi connectivity index (χ2n) is 9.00. The molecule has 1 aliphatic rings. The molecular formula is C25H31BrN2O4. The van der Waals surface area contributed by atoms with Gasteiger partial charge in [0, 0.05) is 29.2 Å². The Kier molecular flexibility index (Phi) is 8.18. The Morgan fingerprint density at radius 1 is 1.09 bits per heavy atom. The molecule has 172 valence electrons. The maximum Gasteiger partial charge on any atom is 0.407 e. The maximum absolute atomic E-state index is 13.0. The Bertz CT molecular complexity index is 919. The molecule has 1 saturated heterocycles. The smallest absolute Gasteiger partial charge is 0.407 e. The molecular weight excluding hydrogens is 472 g/mol. The number of likely N-dealkylation sites (tertiary alicyclic amines) is 1. The van der Waals surface area contributed by atoms with E-state index in [2.05, 4.69) is 21.2 Å². The van der Waals surface area contributed by atoms with Gasteiger partial charge in [-0.25, -0.2) is 4.79 Å². The molecule has 2 aromatic carbocycles. The molecule has 2 amide bonds. The number of hydrogen-bond acceptors (Lipinski definition) is 4. The lowest BCUT2D eigenvalue weighted by molar-refractivity contribution is -0.131. The van der Waals surface area contributed by atoms with Crippen LogP contribution in [0.5, 0.6) is 5.75 Å². The molecule has 0 saturated carbocycles. The van der Waals surface area contributed by atoms with Gasteiger partial charge >= 0.3 is 6.09 Å². The molecule has 1 N–H and O–H groups in total. The molecule has 1 fully saturated rings. The van der Waals surface area contributed by atoms with Crippen LogP contribution in [0, 0.1) is 0 Å². The van der Waals surface area contributed by atoms with Crippen LogP contribution < -0.4 is 10.1 Å². The van der Waals surface area contributed by atoms with E-state index in [0.29, 0.717) is 38.3 Å². The van der Waals surface area contributed by atoms with Gasteiger partial charge in [0.15, 0.2) is 0 Å². The minimum absolute atomic E-state index is 0.0181. The quantitative estimate of drug-likeness (QED) is 0.597. The van der Waals surface area contributed by atoms with E-state index in [1.807, 2.05) is 74.2 Å². The van der Waals surface area contributed by atoms with E-state index in [-0.39, 0.29) is 18.4 Å². The van der Waals surface area contributed by atoms with Gasteiger partial charge in [-0.1, -0.05) is 46.3 Å². The van der Waals surface area contributed by atoms with Crippen LogP contribution in [-0.2, 0) is 22.6 Å². The summed E-state index contributed by atoms with van der Waals surface area (Å²) in [4.78, 5) is 26.8. The minimum Gasteiger partial charge on any atom is -0.489 e. The van der Waals surface area contributed by atoms with Gasteiger partial charge in [0.05, 0.1) is 6.42 Å². The van der Waals surface area contributed by atoms with Crippen LogP contribution in [0.15, 0.2) is 53.0 Å². The first kappa shape index (κ1) is 24.1. The lowest BCUT2D eigenvalue weighted by Gasteiger charge is -2.33. The SMILES string of the molecule is CC(C)(C)OC(=O)NC1CCN(C(=O)Cc2cc(Br)ccc2OCc2ccccc2)CC1. The molecule has 0 unspecified atom stereocenters. The second-order valence-corrected chi connectivity index (χ2v) is 9.92. The molecule has 3 rings (SSSR count). The summed E-state index contributed by atoms with van der Waals surface area (Å²) in [6.07, 6.45) is 1.28. The predicted octanol–water partition coefficient (Wildman–Crippen LogP) is 5.09. The first-order valence-electron chi connectivity index (χ1n) is 10.9. The summed E-state index contributed by atoms with van der Waals surface area (Å²) >= 11 is 3.50. The van der Waals surface area contributed by atoms with E-state index >= 15 is 0 Å². The van der Waals surface area contributed by atoms with Crippen molar-refractivity contribution in [2.45, 2.75) is 58.3 Å². The van der Waals surface area contributed by atoms with Crippen molar-refractivity contribution in [2.24, 2.45) is 0 Å². The Labute approximate surface area is 198 Å². The molecule has 0 bridgehead atoms. The molecule has 1 aliphatic heterocycles. The third-order valence-electron chi connectivity index (χ3n) is 5.17.